The molecule has 7 heteroatoms. The van der Waals surface area contributed by atoms with Crippen molar-refractivity contribution in [1.82, 2.24) is 4.31 Å². The van der Waals surface area contributed by atoms with E-state index in [2.05, 4.69) is 6.58 Å². The molecule has 1 unspecified atom stereocenters. The first-order valence-corrected chi connectivity index (χ1v) is 8.44. The van der Waals surface area contributed by atoms with Crippen molar-refractivity contribution >= 4 is 15.7 Å². The molecule has 0 N–H and O–H groups in total. The number of nitrogens with zero attached hydrogens (tertiary/aromatic N) is 2. The maximum absolute atomic E-state index is 12.8. The standard InChI is InChI=1S/C15H18N2O4S/c1-2-12-16(13-6-4-3-5-7-13)22(20,21)15-10-8-14(9-11-15)17(18)19/h2,4,6,8-11,13H,1,3,5,7,12H2. The second-order valence-corrected chi connectivity index (χ2v) is 6.93. The van der Waals surface area contributed by atoms with E-state index in [0.29, 0.717) is 0 Å². The molecule has 0 saturated carbocycles. The Labute approximate surface area is 130 Å². The van der Waals surface area contributed by atoms with E-state index in [1.54, 1.807) is 6.08 Å². The Kier molecular flexibility index (Phi) is 5.10. The second kappa shape index (κ2) is 6.85. The first-order valence-electron chi connectivity index (χ1n) is 7.00. The van der Waals surface area contributed by atoms with Gasteiger partial charge in [-0.25, -0.2) is 8.42 Å². The van der Waals surface area contributed by atoms with Gasteiger partial charge in [-0.15, -0.1) is 6.58 Å². The lowest BCUT2D eigenvalue weighted by Gasteiger charge is -2.29. The van der Waals surface area contributed by atoms with Gasteiger partial charge in [-0.05, 0) is 31.4 Å². The van der Waals surface area contributed by atoms with Crippen LogP contribution in [-0.2, 0) is 10.0 Å². The number of non-ortho nitro benzene ring substituents is 1. The monoisotopic (exact) mass is 322 g/mol. The lowest BCUT2D eigenvalue weighted by molar-refractivity contribution is -0.384. The molecule has 0 saturated heterocycles. The fraction of sp³-hybridized carbons (Fsp3) is 0.333. The average molecular weight is 322 g/mol. The van der Waals surface area contributed by atoms with E-state index >= 15 is 0 Å². The maximum Gasteiger partial charge on any atom is 0.269 e. The summed E-state index contributed by atoms with van der Waals surface area (Å²) >= 11 is 0. The summed E-state index contributed by atoms with van der Waals surface area (Å²) in [6.45, 7) is 3.82. The molecule has 118 valence electrons. The number of nitro benzene ring substituents is 1. The van der Waals surface area contributed by atoms with Crippen molar-refractivity contribution in [3.63, 3.8) is 0 Å². The number of benzene rings is 1. The van der Waals surface area contributed by atoms with E-state index in [4.69, 9.17) is 0 Å². The topological polar surface area (TPSA) is 80.5 Å². The van der Waals surface area contributed by atoms with Crippen molar-refractivity contribution in [3.05, 3.63) is 59.2 Å². The van der Waals surface area contributed by atoms with Gasteiger partial charge in [0.25, 0.3) is 5.69 Å². The van der Waals surface area contributed by atoms with Gasteiger partial charge in [0, 0.05) is 24.7 Å². The Bertz CT molecular complexity index is 680. The molecule has 0 spiro atoms. The molecular formula is C15H18N2O4S. The zero-order chi connectivity index (χ0) is 16.2. The third-order valence-electron chi connectivity index (χ3n) is 3.56. The van der Waals surface area contributed by atoms with Crippen LogP contribution in [0.15, 0.2) is 54.0 Å². The van der Waals surface area contributed by atoms with Crippen LogP contribution in [0.3, 0.4) is 0 Å². The van der Waals surface area contributed by atoms with Gasteiger partial charge < -0.3 is 0 Å². The molecule has 0 aliphatic heterocycles. The highest BCUT2D eigenvalue weighted by Crippen LogP contribution is 2.25. The predicted molar refractivity (Wildman–Crippen MR) is 84.0 cm³/mol. The molecule has 0 aromatic heterocycles. The molecule has 1 aliphatic carbocycles. The first-order chi connectivity index (χ1) is 10.5. The average Bonchev–Trinajstić information content (AvgIpc) is 2.53. The van der Waals surface area contributed by atoms with Gasteiger partial charge in [0.05, 0.1) is 9.82 Å². The van der Waals surface area contributed by atoms with Gasteiger partial charge in [-0.2, -0.15) is 4.31 Å². The van der Waals surface area contributed by atoms with Crippen LogP contribution < -0.4 is 0 Å². The van der Waals surface area contributed by atoms with E-state index < -0.39 is 14.9 Å². The first kappa shape index (κ1) is 16.4. The molecule has 0 bridgehead atoms. The van der Waals surface area contributed by atoms with Crippen molar-refractivity contribution < 1.29 is 13.3 Å². The van der Waals surface area contributed by atoms with Gasteiger partial charge in [-0.1, -0.05) is 18.2 Å². The van der Waals surface area contributed by atoms with Crippen molar-refractivity contribution in [2.75, 3.05) is 6.54 Å². The lowest BCUT2D eigenvalue weighted by Crippen LogP contribution is -2.40. The van der Waals surface area contributed by atoms with Gasteiger partial charge >= 0.3 is 0 Å². The largest absolute Gasteiger partial charge is 0.269 e. The summed E-state index contributed by atoms with van der Waals surface area (Å²) < 4.78 is 26.9. The number of nitro groups is 1. The van der Waals surface area contributed by atoms with Crippen LogP contribution in [0.4, 0.5) is 5.69 Å². The highest BCUT2D eigenvalue weighted by molar-refractivity contribution is 7.89. The van der Waals surface area contributed by atoms with E-state index in [1.165, 1.54) is 28.6 Å². The van der Waals surface area contributed by atoms with Crippen LogP contribution in [0.1, 0.15) is 19.3 Å². The zero-order valence-electron chi connectivity index (χ0n) is 12.1. The van der Waals surface area contributed by atoms with Crippen molar-refractivity contribution in [1.29, 1.82) is 0 Å². The van der Waals surface area contributed by atoms with Gasteiger partial charge in [0.2, 0.25) is 10.0 Å². The number of sulfonamides is 1. The van der Waals surface area contributed by atoms with Crippen LogP contribution in [0, 0.1) is 10.1 Å². The Balaban J connectivity index is 2.35. The molecule has 0 heterocycles. The molecule has 0 fully saturated rings. The van der Waals surface area contributed by atoms with Gasteiger partial charge in [0.1, 0.15) is 0 Å². The molecule has 22 heavy (non-hydrogen) atoms. The lowest BCUT2D eigenvalue weighted by atomic mass is 10.0. The van der Waals surface area contributed by atoms with Crippen LogP contribution in [0.5, 0.6) is 0 Å². The minimum absolute atomic E-state index is 0.0546. The highest BCUT2D eigenvalue weighted by Gasteiger charge is 2.30. The van der Waals surface area contributed by atoms with Crippen LogP contribution in [-0.4, -0.2) is 30.2 Å². The molecule has 0 amide bonds. The molecule has 1 aromatic carbocycles. The third kappa shape index (κ3) is 3.42. The number of allylic oxidation sites excluding steroid dienone is 1. The highest BCUT2D eigenvalue weighted by atomic mass is 32.2. The molecule has 6 nitrogen and oxygen atoms in total. The molecule has 1 atom stereocenters. The van der Waals surface area contributed by atoms with Crippen molar-refractivity contribution in [2.45, 2.75) is 30.2 Å². The smallest absolute Gasteiger partial charge is 0.258 e. The molecular weight excluding hydrogens is 304 g/mol. The molecule has 0 radical (unpaired) electrons. The molecule has 2 rings (SSSR count). The summed E-state index contributed by atoms with van der Waals surface area (Å²) in [7, 11) is -3.72. The normalized spacial score (nSPS) is 18.3. The van der Waals surface area contributed by atoms with E-state index in [-0.39, 0.29) is 23.2 Å². The van der Waals surface area contributed by atoms with E-state index in [9.17, 15) is 18.5 Å². The Morgan fingerprint density at radius 3 is 2.55 bits per heavy atom. The van der Waals surface area contributed by atoms with E-state index in [1.807, 2.05) is 12.2 Å². The Morgan fingerprint density at radius 1 is 1.36 bits per heavy atom. The Morgan fingerprint density at radius 2 is 2.05 bits per heavy atom. The SMILES string of the molecule is C=CCN(C1C=CCCC1)S(=O)(=O)c1ccc([N+](=O)[O-])cc1. The summed E-state index contributed by atoms with van der Waals surface area (Å²) in [6, 6.07) is 4.75. The quantitative estimate of drug-likeness (QED) is 0.458. The van der Waals surface area contributed by atoms with Gasteiger partial charge in [-0.3, -0.25) is 10.1 Å². The van der Waals surface area contributed by atoms with E-state index in [0.717, 1.165) is 19.3 Å². The third-order valence-corrected chi connectivity index (χ3v) is 5.47. The summed E-state index contributed by atoms with van der Waals surface area (Å²) in [4.78, 5) is 10.2. The predicted octanol–water partition coefficient (Wildman–Crippen LogP) is 2.88. The number of rotatable bonds is 6. The summed E-state index contributed by atoms with van der Waals surface area (Å²) in [5.41, 5.74) is -0.133. The summed E-state index contributed by atoms with van der Waals surface area (Å²) in [5, 5.41) is 10.7. The van der Waals surface area contributed by atoms with Crippen LogP contribution >= 0.6 is 0 Å². The number of hydrogen-bond donors (Lipinski definition) is 0. The van der Waals surface area contributed by atoms with Crippen molar-refractivity contribution in [3.8, 4) is 0 Å². The summed E-state index contributed by atoms with van der Waals surface area (Å²) in [5.74, 6) is 0. The van der Waals surface area contributed by atoms with Crippen molar-refractivity contribution in [2.24, 2.45) is 0 Å². The Hall–Kier alpha value is -1.99. The van der Waals surface area contributed by atoms with Crippen LogP contribution in [0.2, 0.25) is 0 Å². The second-order valence-electron chi connectivity index (χ2n) is 5.04. The molecule has 1 aromatic rings. The minimum atomic E-state index is -3.72. The number of hydrogen-bond acceptors (Lipinski definition) is 4. The zero-order valence-corrected chi connectivity index (χ0v) is 12.9. The fourth-order valence-corrected chi connectivity index (χ4v) is 4.03. The summed E-state index contributed by atoms with van der Waals surface area (Å²) in [6.07, 6.45) is 8.08. The maximum atomic E-state index is 12.8. The fourth-order valence-electron chi connectivity index (χ4n) is 2.45. The molecule has 1 aliphatic rings. The van der Waals surface area contributed by atoms with Gasteiger partial charge in [0.15, 0.2) is 0 Å². The van der Waals surface area contributed by atoms with Crippen LogP contribution in [0.25, 0.3) is 0 Å². The minimum Gasteiger partial charge on any atom is -0.258 e.